The van der Waals surface area contributed by atoms with Crippen LogP contribution in [0, 0.1) is 0 Å². The average molecular weight is 529 g/mol. The number of ether oxygens (including phenoxy) is 1. The summed E-state index contributed by atoms with van der Waals surface area (Å²) < 4.78 is 5.26. The molecule has 4 rings (SSSR count). The Morgan fingerprint density at radius 1 is 1.06 bits per heavy atom. The second kappa shape index (κ2) is 11.7. The molecule has 0 aliphatic heterocycles. The zero-order valence-corrected chi connectivity index (χ0v) is 21.6. The first kappa shape index (κ1) is 25.3. The van der Waals surface area contributed by atoms with Crippen LogP contribution in [0.15, 0.2) is 53.4 Å². The summed E-state index contributed by atoms with van der Waals surface area (Å²) in [5, 5.41) is 6.84. The van der Waals surface area contributed by atoms with Crippen LogP contribution in [0.5, 0.6) is 0 Å². The molecule has 0 bridgehead atoms. The third kappa shape index (κ3) is 6.45. The Balaban J connectivity index is 1.39. The number of fused-ring (bicyclic) bond motifs is 1. The summed E-state index contributed by atoms with van der Waals surface area (Å²) in [5.41, 5.74) is 2.61. The monoisotopic (exact) mass is 528 g/mol. The van der Waals surface area contributed by atoms with Gasteiger partial charge in [0.15, 0.2) is 0 Å². The third-order valence-electron chi connectivity index (χ3n) is 5.45. The molecule has 1 heterocycles. The molecule has 0 unspecified atom stereocenters. The van der Waals surface area contributed by atoms with Crippen LogP contribution in [0.3, 0.4) is 0 Å². The minimum Gasteiger partial charge on any atom is -0.462 e. The van der Waals surface area contributed by atoms with E-state index in [-0.39, 0.29) is 30.1 Å². The first-order chi connectivity index (χ1) is 16.9. The molecule has 0 atom stereocenters. The summed E-state index contributed by atoms with van der Waals surface area (Å²) in [6, 6.07) is 14.0. The second-order valence-corrected chi connectivity index (χ2v) is 10.6. The number of halogens is 1. The molecule has 9 heteroatoms. The fourth-order valence-corrected chi connectivity index (χ4v) is 6.12. The Hall–Kier alpha value is -2.81. The van der Waals surface area contributed by atoms with E-state index in [2.05, 4.69) is 10.6 Å². The molecule has 2 amide bonds. The van der Waals surface area contributed by atoms with Crippen LogP contribution in [0.2, 0.25) is 5.02 Å². The van der Waals surface area contributed by atoms with Crippen molar-refractivity contribution in [3.8, 4) is 0 Å². The molecule has 0 fully saturated rings. The van der Waals surface area contributed by atoms with Crippen molar-refractivity contribution in [3.63, 3.8) is 0 Å². The van der Waals surface area contributed by atoms with Gasteiger partial charge in [0.25, 0.3) is 5.91 Å². The lowest BCUT2D eigenvalue weighted by atomic mass is 9.95. The lowest BCUT2D eigenvalue weighted by molar-refractivity contribution is -0.113. The van der Waals surface area contributed by atoms with Crippen LogP contribution in [0.1, 0.15) is 50.9 Å². The standard InChI is InChI=1S/C26H25ClN2O4S2/c1-2-33-26(32)23-20-11-3-4-12-21(20)35-25(23)29-22(30)15-34-19-10-6-9-18(14-19)28-24(31)16-7-5-8-17(27)13-16/h5-10,13-14H,2-4,11-12,15H2,1H3,(H,28,31)(H,29,30). The number of thioether (sulfide) groups is 1. The van der Waals surface area contributed by atoms with E-state index in [4.69, 9.17) is 16.3 Å². The van der Waals surface area contributed by atoms with Gasteiger partial charge in [0.2, 0.25) is 5.91 Å². The second-order valence-electron chi connectivity index (χ2n) is 7.96. The Bertz CT molecular complexity index is 1260. The van der Waals surface area contributed by atoms with Gasteiger partial charge in [0.1, 0.15) is 5.00 Å². The Morgan fingerprint density at radius 2 is 1.86 bits per heavy atom. The third-order valence-corrected chi connectivity index (χ3v) is 7.89. The molecule has 0 saturated carbocycles. The molecule has 35 heavy (non-hydrogen) atoms. The lowest BCUT2D eigenvalue weighted by Gasteiger charge is -2.12. The molecule has 1 aromatic heterocycles. The number of benzene rings is 2. The summed E-state index contributed by atoms with van der Waals surface area (Å²) in [7, 11) is 0. The molecule has 0 saturated heterocycles. The topological polar surface area (TPSA) is 84.5 Å². The van der Waals surface area contributed by atoms with Crippen molar-refractivity contribution in [2.24, 2.45) is 0 Å². The number of esters is 1. The van der Waals surface area contributed by atoms with E-state index in [1.54, 1.807) is 37.3 Å². The van der Waals surface area contributed by atoms with Gasteiger partial charge in [-0.15, -0.1) is 23.1 Å². The maximum absolute atomic E-state index is 12.8. The van der Waals surface area contributed by atoms with Crippen molar-refractivity contribution >= 4 is 63.2 Å². The molecular weight excluding hydrogens is 504 g/mol. The quantitative estimate of drug-likeness (QED) is 0.259. The van der Waals surface area contributed by atoms with Gasteiger partial charge in [-0.1, -0.05) is 23.7 Å². The number of hydrogen-bond acceptors (Lipinski definition) is 6. The van der Waals surface area contributed by atoms with Gasteiger partial charge < -0.3 is 15.4 Å². The van der Waals surface area contributed by atoms with Crippen molar-refractivity contribution in [3.05, 3.63) is 75.1 Å². The van der Waals surface area contributed by atoms with Gasteiger partial charge in [-0.2, -0.15) is 0 Å². The van der Waals surface area contributed by atoms with Crippen molar-refractivity contribution in [2.75, 3.05) is 23.0 Å². The Morgan fingerprint density at radius 3 is 2.66 bits per heavy atom. The SMILES string of the molecule is CCOC(=O)c1c(NC(=O)CSc2cccc(NC(=O)c3cccc(Cl)c3)c2)sc2c1CCCC2. The maximum Gasteiger partial charge on any atom is 0.341 e. The average Bonchev–Trinajstić information content (AvgIpc) is 3.21. The highest BCUT2D eigenvalue weighted by Crippen LogP contribution is 2.38. The number of carbonyl (C=O) groups excluding carboxylic acids is 3. The Kier molecular flexibility index (Phi) is 8.49. The number of thiophene rings is 1. The normalized spacial score (nSPS) is 12.5. The fourth-order valence-electron chi connectivity index (χ4n) is 3.88. The highest BCUT2D eigenvalue weighted by atomic mass is 35.5. The smallest absolute Gasteiger partial charge is 0.341 e. The van der Waals surface area contributed by atoms with Crippen molar-refractivity contribution in [1.82, 2.24) is 0 Å². The van der Waals surface area contributed by atoms with Crippen LogP contribution in [0.4, 0.5) is 10.7 Å². The molecule has 3 aromatic rings. The van der Waals surface area contributed by atoms with Gasteiger partial charge in [-0.05, 0) is 74.6 Å². The van der Waals surface area contributed by atoms with Crippen molar-refractivity contribution in [1.29, 1.82) is 0 Å². The van der Waals surface area contributed by atoms with Crippen LogP contribution in [-0.2, 0) is 22.4 Å². The van der Waals surface area contributed by atoms with Crippen LogP contribution in [0.25, 0.3) is 0 Å². The van der Waals surface area contributed by atoms with Crippen molar-refractivity contribution < 1.29 is 19.1 Å². The molecular formula is C26H25ClN2O4S2. The molecule has 2 N–H and O–H groups in total. The molecule has 2 aromatic carbocycles. The molecule has 182 valence electrons. The van der Waals surface area contributed by atoms with E-state index in [9.17, 15) is 14.4 Å². The van der Waals surface area contributed by atoms with Gasteiger partial charge >= 0.3 is 5.97 Å². The van der Waals surface area contributed by atoms with Crippen LogP contribution in [-0.4, -0.2) is 30.1 Å². The Labute approximate surface area is 217 Å². The van der Waals surface area contributed by atoms with E-state index in [0.29, 0.717) is 26.8 Å². The summed E-state index contributed by atoms with van der Waals surface area (Å²) in [4.78, 5) is 39.8. The predicted octanol–water partition coefficient (Wildman–Crippen LogP) is 6.44. The van der Waals surface area contributed by atoms with Gasteiger partial charge in [0, 0.05) is 26.0 Å². The van der Waals surface area contributed by atoms with E-state index in [0.717, 1.165) is 41.0 Å². The summed E-state index contributed by atoms with van der Waals surface area (Å²) in [5.74, 6) is -0.678. The zero-order chi connectivity index (χ0) is 24.8. The summed E-state index contributed by atoms with van der Waals surface area (Å²) in [6.45, 7) is 2.06. The minimum atomic E-state index is -0.377. The molecule has 1 aliphatic rings. The molecule has 1 aliphatic carbocycles. The number of carbonyl (C=O) groups is 3. The van der Waals surface area contributed by atoms with Gasteiger partial charge in [0.05, 0.1) is 17.9 Å². The number of rotatable bonds is 8. The largest absolute Gasteiger partial charge is 0.462 e. The first-order valence-corrected chi connectivity index (χ1v) is 13.5. The molecule has 0 spiro atoms. The minimum absolute atomic E-state index is 0.163. The fraction of sp³-hybridized carbons (Fsp3) is 0.269. The first-order valence-electron chi connectivity index (χ1n) is 11.4. The van der Waals surface area contributed by atoms with Gasteiger partial charge in [-0.3, -0.25) is 9.59 Å². The van der Waals surface area contributed by atoms with E-state index in [1.807, 2.05) is 18.2 Å². The van der Waals surface area contributed by atoms with E-state index < -0.39 is 0 Å². The number of anilines is 2. The van der Waals surface area contributed by atoms with Crippen LogP contribution >= 0.6 is 34.7 Å². The summed E-state index contributed by atoms with van der Waals surface area (Å²) >= 11 is 8.80. The van der Waals surface area contributed by atoms with Gasteiger partial charge in [-0.25, -0.2) is 4.79 Å². The summed E-state index contributed by atoms with van der Waals surface area (Å²) in [6.07, 6.45) is 3.87. The lowest BCUT2D eigenvalue weighted by Crippen LogP contribution is -2.17. The highest BCUT2D eigenvalue weighted by molar-refractivity contribution is 8.00. The van der Waals surface area contributed by atoms with E-state index in [1.165, 1.54) is 23.1 Å². The van der Waals surface area contributed by atoms with Crippen LogP contribution < -0.4 is 10.6 Å². The number of aryl methyl sites for hydroxylation is 1. The molecule has 6 nitrogen and oxygen atoms in total. The maximum atomic E-state index is 12.8. The van der Waals surface area contributed by atoms with E-state index >= 15 is 0 Å². The van der Waals surface area contributed by atoms with Crippen molar-refractivity contribution in [2.45, 2.75) is 37.5 Å². The number of nitrogens with one attached hydrogen (secondary N) is 2. The number of hydrogen-bond donors (Lipinski definition) is 2. The zero-order valence-electron chi connectivity index (χ0n) is 19.2. The highest BCUT2D eigenvalue weighted by Gasteiger charge is 2.27. The predicted molar refractivity (Wildman–Crippen MR) is 142 cm³/mol. The molecule has 0 radical (unpaired) electrons. The number of amides is 2.